The molecule has 1 amide bonds. The fraction of sp³-hybridized carbons (Fsp3) is 0.154. The van der Waals surface area contributed by atoms with E-state index in [4.69, 9.17) is 0 Å². The Bertz CT molecular complexity index is 1090. The van der Waals surface area contributed by atoms with Crippen molar-refractivity contribution in [1.29, 1.82) is 0 Å². The average molecular weight is 411 g/mol. The number of carbonyl (C=O) groups excluding carboxylic acids is 1. The van der Waals surface area contributed by atoms with E-state index in [1.54, 1.807) is 0 Å². The molecule has 0 N–H and O–H groups in total. The van der Waals surface area contributed by atoms with Gasteiger partial charge >= 0.3 is 0 Å². The maximum atomic E-state index is 13.2. The number of anilines is 1. The molecular formula is C26H26N4O. The van der Waals surface area contributed by atoms with Crippen LogP contribution in [0.15, 0.2) is 103 Å². The lowest BCUT2D eigenvalue weighted by molar-refractivity contribution is -0.119. The summed E-state index contributed by atoms with van der Waals surface area (Å²) in [7, 11) is 1.96. The van der Waals surface area contributed by atoms with Crippen LogP contribution in [0.2, 0.25) is 0 Å². The molecule has 0 radical (unpaired) electrons. The number of benzene rings is 3. The number of hydrogen-bond donors (Lipinski definition) is 0. The molecule has 156 valence electrons. The lowest BCUT2D eigenvalue weighted by Crippen LogP contribution is -2.38. The van der Waals surface area contributed by atoms with E-state index < -0.39 is 0 Å². The maximum absolute atomic E-state index is 13.2. The number of rotatable bonds is 8. The second-order valence-electron chi connectivity index (χ2n) is 7.60. The lowest BCUT2D eigenvalue weighted by atomic mass is 10.2. The maximum Gasteiger partial charge on any atom is 0.241 e. The van der Waals surface area contributed by atoms with E-state index in [0.29, 0.717) is 19.6 Å². The largest absolute Gasteiger partial charge is 0.307 e. The molecule has 0 fully saturated rings. The molecule has 4 rings (SSSR count). The van der Waals surface area contributed by atoms with E-state index in [0.717, 1.165) is 22.5 Å². The summed E-state index contributed by atoms with van der Waals surface area (Å²) in [4.78, 5) is 17.1. The van der Waals surface area contributed by atoms with Crippen molar-refractivity contribution in [3.8, 4) is 5.69 Å². The van der Waals surface area contributed by atoms with Gasteiger partial charge in [0, 0.05) is 24.0 Å². The van der Waals surface area contributed by atoms with E-state index >= 15 is 0 Å². The second kappa shape index (κ2) is 9.87. The van der Waals surface area contributed by atoms with Crippen molar-refractivity contribution >= 4 is 11.6 Å². The molecule has 0 atom stereocenters. The van der Waals surface area contributed by atoms with Crippen LogP contribution in [-0.4, -0.2) is 34.2 Å². The summed E-state index contributed by atoms with van der Waals surface area (Å²) in [6.07, 6.45) is 3.86. The van der Waals surface area contributed by atoms with E-state index in [1.807, 2.05) is 125 Å². The first-order valence-electron chi connectivity index (χ1n) is 10.4. The topological polar surface area (TPSA) is 41.4 Å². The van der Waals surface area contributed by atoms with Crippen molar-refractivity contribution in [3.05, 3.63) is 115 Å². The molecule has 4 aromatic rings. The average Bonchev–Trinajstić information content (AvgIpc) is 3.27. The Hall–Kier alpha value is -3.70. The zero-order valence-corrected chi connectivity index (χ0v) is 17.6. The molecule has 0 bridgehead atoms. The molecule has 5 nitrogen and oxygen atoms in total. The monoisotopic (exact) mass is 410 g/mol. The van der Waals surface area contributed by atoms with Crippen molar-refractivity contribution in [2.75, 3.05) is 18.5 Å². The second-order valence-corrected chi connectivity index (χ2v) is 7.60. The highest BCUT2D eigenvalue weighted by atomic mass is 16.2. The minimum atomic E-state index is 0.0630. The third-order valence-corrected chi connectivity index (χ3v) is 5.07. The van der Waals surface area contributed by atoms with Crippen LogP contribution in [0.25, 0.3) is 5.69 Å². The highest BCUT2D eigenvalue weighted by Crippen LogP contribution is 2.18. The summed E-state index contributed by atoms with van der Waals surface area (Å²) < 4.78 is 1.86. The molecule has 0 saturated heterocycles. The van der Waals surface area contributed by atoms with Crippen molar-refractivity contribution < 1.29 is 4.79 Å². The number of amides is 1. The normalized spacial score (nSPS) is 10.9. The van der Waals surface area contributed by atoms with Crippen LogP contribution in [0.3, 0.4) is 0 Å². The summed E-state index contributed by atoms with van der Waals surface area (Å²) >= 11 is 0. The first-order chi connectivity index (χ1) is 15.2. The fourth-order valence-corrected chi connectivity index (χ4v) is 3.54. The lowest BCUT2D eigenvalue weighted by Gasteiger charge is -2.25. The highest BCUT2D eigenvalue weighted by molar-refractivity contribution is 5.94. The Labute approximate surface area is 183 Å². The molecule has 0 aliphatic rings. The number of nitrogens with zero attached hydrogens (tertiary/aromatic N) is 4. The standard InChI is InChI=1S/C26H26N4O/c1-28(18-23-17-27-30(20-23)25-15-9-4-10-16-25)21-26(31)29(24-13-7-3-8-14-24)19-22-11-5-2-6-12-22/h2-17,20H,18-19,21H2,1H3. The van der Waals surface area contributed by atoms with Crippen molar-refractivity contribution in [2.45, 2.75) is 13.1 Å². The van der Waals surface area contributed by atoms with E-state index in [9.17, 15) is 4.79 Å². The molecule has 1 aromatic heterocycles. The third-order valence-electron chi connectivity index (χ3n) is 5.07. The van der Waals surface area contributed by atoms with Crippen molar-refractivity contribution in [3.63, 3.8) is 0 Å². The minimum absolute atomic E-state index is 0.0630. The van der Waals surface area contributed by atoms with Gasteiger partial charge in [0.05, 0.1) is 25.0 Å². The van der Waals surface area contributed by atoms with Crippen LogP contribution >= 0.6 is 0 Å². The van der Waals surface area contributed by atoms with Crippen LogP contribution in [0, 0.1) is 0 Å². The summed E-state index contributed by atoms with van der Waals surface area (Å²) in [5.74, 6) is 0.0630. The van der Waals surface area contributed by atoms with Gasteiger partial charge in [-0.3, -0.25) is 9.69 Å². The summed E-state index contributed by atoms with van der Waals surface area (Å²) in [5, 5.41) is 4.45. The minimum Gasteiger partial charge on any atom is -0.307 e. The van der Waals surface area contributed by atoms with Gasteiger partial charge in [0.2, 0.25) is 5.91 Å². The van der Waals surface area contributed by atoms with Gasteiger partial charge in [-0.05, 0) is 36.9 Å². The molecule has 0 aliphatic carbocycles. The van der Waals surface area contributed by atoms with Gasteiger partial charge in [-0.1, -0.05) is 66.7 Å². The SMILES string of the molecule is CN(CC(=O)N(Cc1ccccc1)c1ccccc1)Cc1cnn(-c2ccccc2)c1. The molecular weight excluding hydrogens is 384 g/mol. The van der Waals surface area contributed by atoms with Crippen LogP contribution in [0.5, 0.6) is 0 Å². The van der Waals surface area contributed by atoms with Crippen LogP contribution in [-0.2, 0) is 17.9 Å². The smallest absolute Gasteiger partial charge is 0.241 e. The number of para-hydroxylation sites is 2. The molecule has 31 heavy (non-hydrogen) atoms. The quantitative estimate of drug-likeness (QED) is 0.428. The van der Waals surface area contributed by atoms with Gasteiger partial charge in [-0.15, -0.1) is 0 Å². The van der Waals surface area contributed by atoms with Crippen LogP contribution < -0.4 is 4.90 Å². The van der Waals surface area contributed by atoms with E-state index in [1.165, 1.54) is 0 Å². The van der Waals surface area contributed by atoms with Gasteiger partial charge in [-0.2, -0.15) is 5.10 Å². The molecule has 3 aromatic carbocycles. The Morgan fingerprint density at radius 1 is 0.806 bits per heavy atom. The molecule has 0 saturated carbocycles. The summed E-state index contributed by atoms with van der Waals surface area (Å²) in [5.41, 5.74) is 4.09. The predicted molar refractivity (Wildman–Crippen MR) is 124 cm³/mol. The number of hydrogen-bond acceptors (Lipinski definition) is 3. The number of carbonyl (C=O) groups is 1. The Balaban J connectivity index is 1.44. The Morgan fingerprint density at radius 3 is 2.10 bits per heavy atom. The predicted octanol–water partition coefficient (Wildman–Crippen LogP) is 4.54. The van der Waals surface area contributed by atoms with Gasteiger partial charge in [0.1, 0.15) is 0 Å². The fourth-order valence-electron chi connectivity index (χ4n) is 3.54. The van der Waals surface area contributed by atoms with E-state index in [-0.39, 0.29) is 5.91 Å². The van der Waals surface area contributed by atoms with E-state index in [2.05, 4.69) is 5.10 Å². The van der Waals surface area contributed by atoms with Gasteiger partial charge < -0.3 is 4.90 Å². The molecule has 0 unspecified atom stereocenters. The Morgan fingerprint density at radius 2 is 1.42 bits per heavy atom. The highest BCUT2D eigenvalue weighted by Gasteiger charge is 2.18. The van der Waals surface area contributed by atoms with Gasteiger partial charge in [-0.25, -0.2) is 4.68 Å². The first kappa shape index (κ1) is 20.6. The van der Waals surface area contributed by atoms with Crippen LogP contribution in [0.4, 0.5) is 5.69 Å². The molecule has 1 heterocycles. The summed E-state index contributed by atoms with van der Waals surface area (Å²) in [6.45, 7) is 1.51. The van der Waals surface area contributed by atoms with Crippen molar-refractivity contribution in [2.24, 2.45) is 0 Å². The first-order valence-corrected chi connectivity index (χ1v) is 10.4. The van der Waals surface area contributed by atoms with Crippen LogP contribution in [0.1, 0.15) is 11.1 Å². The zero-order valence-electron chi connectivity index (χ0n) is 17.6. The third kappa shape index (κ3) is 5.47. The molecule has 5 heteroatoms. The molecule has 0 spiro atoms. The van der Waals surface area contributed by atoms with Gasteiger partial charge in [0.15, 0.2) is 0 Å². The number of aromatic nitrogens is 2. The summed E-state index contributed by atoms with van der Waals surface area (Å²) in [6, 6.07) is 29.9. The van der Waals surface area contributed by atoms with Crippen molar-refractivity contribution in [1.82, 2.24) is 14.7 Å². The van der Waals surface area contributed by atoms with Gasteiger partial charge in [0.25, 0.3) is 0 Å². The number of likely N-dealkylation sites (N-methyl/N-ethyl adjacent to an activating group) is 1. The molecule has 0 aliphatic heterocycles. The zero-order chi connectivity index (χ0) is 21.5. The Kier molecular flexibility index (Phi) is 6.55.